The summed E-state index contributed by atoms with van der Waals surface area (Å²) >= 11 is 3.24. The molecule has 4 N–H and O–H groups in total. The molecule has 1 rings (SSSR count). The van der Waals surface area contributed by atoms with Crippen LogP contribution in [0.25, 0.3) is 0 Å². The smallest absolute Gasteiger partial charge is 0.252 e. The molecule has 0 bridgehead atoms. The van der Waals surface area contributed by atoms with Crippen LogP contribution in [-0.4, -0.2) is 33.2 Å². The Morgan fingerprint density at radius 2 is 2.11 bits per heavy atom. The van der Waals surface area contributed by atoms with Crippen LogP contribution in [0.3, 0.4) is 0 Å². The number of nitrogen functional groups attached to an aromatic ring is 1. The minimum Gasteiger partial charge on any atom is -0.399 e. The molecule has 0 radical (unpaired) electrons. The highest BCUT2D eigenvalue weighted by Crippen LogP contribution is 2.19. The van der Waals surface area contributed by atoms with Gasteiger partial charge in [-0.3, -0.25) is 4.79 Å². The first-order chi connectivity index (χ1) is 8.85. The lowest BCUT2D eigenvalue weighted by molar-refractivity contribution is 0.0955. The summed E-state index contributed by atoms with van der Waals surface area (Å²) in [5.41, 5.74) is 6.44. The summed E-state index contributed by atoms with van der Waals surface area (Å²) in [5.74, 6) is -0.530. The number of carbonyl (C=O) groups is 1. The average Bonchev–Trinajstić information content (AvgIpc) is 2.31. The summed E-state index contributed by atoms with van der Waals surface area (Å²) in [6, 6.07) is 4.86. The van der Waals surface area contributed by atoms with Gasteiger partial charge in [-0.25, -0.2) is 13.1 Å². The number of hydrogen-bond donors (Lipinski definition) is 3. The third-order valence-corrected chi connectivity index (χ3v) is 4.42. The van der Waals surface area contributed by atoms with Gasteiger partial charge in [-0.15, -0.1) is 0 Å². The first kappa shape index (κ1) is 15.9. The fraction of sp³-hybridized carbons (Fsp3) is 0.364. The Morgan fingerprint density at radius 3 is 2.74 bits per heavy atom. The molecule has 19 heavy (non-hydrogen) atoms. The van der Waals surface area contributed by atoms with Gasteiger partial charge in [0.15, 0.2) is 0 Å². The van der Waals surface area contributed by atoms with Gasteiger partial charge in [-0.2, -0.15) is 0 Å². The van der Waals surface area contributed by atoms with Crippen LogP contribution in [0.4, 0.5) is 5.69 Å². The summed E-state index contributed by atoms with van der Waals surface area (Å²) in [7, 11) is -3.33. The van der Waals surface area contributed by atoms with E-state index in [1.807, 2.05) is 0 Å². The standard InChI is InChI=1S/C11H16BrN3O3S/c1-2-15-19(17,18)6-5-14-11(16)9-7-8(13)3-4-10(9)12/h3-4,7,15H,2,5-6,13H2,1H3,(H,14,16). The van der Waals surface area contributed by atoms with E-state index < -0.39 is 10.0 Å². The Labute approximate surface area is 120 Å². The minimum atomic E-state index is -3.33. The Kier molecular flexibility index (Phi) is 5.77. The number of anilines is 1. The molecule has 0 aliphatic carbocycles. The predicted octanol–water partition coefficient (Wildman–Crippen LogP) is 0.700. The number of halogens is 1. The van der Waals surface area contributed by atoms with Crippen LogP contribution in [0.15, 0.2) is 22.7 Å². The molecular weight excluding hydrogens is 334 g/mol. The molecule has 0 atom stereocenters. The molecule has 0 saturated carbocycles. The maximum absolute atomic E-state index is 11.8. The van der Waals surface area contributed by atoms with E-state index in [9.17, 15) is 13.2 Å². The number of benzene rings is 1. The van der Waals surface area contributed by atoms with E-state index in [1.54, 1.807) is 19.1 Å². The third-order valence-electron chi connectivity index (χ3n) is 2.26. The van der Waals surface area contributed by atoms with Gasteiger partial charge in [0.2, 0.25) is 10.0 Å². The quantitative estimate of drug-likeness (QED) is 0.658. The van der Waals surface area contributed by atoms with Crippen molar-refractivity contribution in [2.24, 2.45) is 0 Å². The van der Waals surface area contributed by atoms with E-state index in [1.165, 1.54) is 6.07 Å². The Morgan fingerprint density at radius 1 is 1.42 bits per heavy atom. The highest BCUT2D eigenvalue weighted by atomic mass is 79.9. The second kappa shape index (κ2) is 6.88. The molecule has 0 aliphatic heterocycles. The summed E-state index contributed by atoms with van der Waals surface area (Å²) in [5, 5.41) is 2.54. The van der Waals surface area contributed by atoms with Crippen LogP contribution in [0, 0.1) is 0 Å². The fourth-order valence-electron chi connectivity index (χ4n) is 1.40. The van der Waals surface area contributed by atoms with Crippen molar-refractivity contribution in [2.45, 2.75) is 6.92 Å². The van der Waals surface area contributed by atoms with E-state index in [0.29, 0.717) is 22.3 Å². The maximum atomic E-state index is 11.8. The molecule has 0 fully saturated rings. The number of sulfonamides is 1. The van der Waals surface area contributed by atoms with E-state index in [-0.39, 0.29) is 18.2 Å². The van der Waals surface area contributed by atoms with Crippen molar-refractivity contribution in [3.8, 4) is 0 Å². The van der Waals surface area contributed by atoms with E-state index in [2.05, 4.69) is 26.0 Å². The highest BCUT2D eigenvalue weighted by Gasteiger charge is 2.12. The summed E-state index contributed by atoms with van der Waals surface area (Å²) in [6.45, 7) is 2.06. The zero-order valence-electron chi connectivity index (χ0n) is 10.4. The summed E-state index contributed by atoms with van der Waals surface area (Å²) < 4.78 is 25.7. The molecule has 0 unspecified atom stereocenters. The molecule has 0 heterocycles. The number of hydrogen-bond acceptors (Lipinski definition) is 4. The Hall–Kier alpha value is -1.12. The molecule has 0 spiro atoms. The maximum Gasteiger partial charge on any atom is 0.252 e. The zero-order valence-corrected chi connectivity index (χ0v) is 12.8. The van der Waals surface area contributed by atoms with Crippen molar-refractivity contribution in [3.05, 3.63) is 28.2 Å². The molecular formula is C11H16BrN3O3S. The second-order valence-electron chi connectivity index (χ2n) is 3.81. The molecule has 1 aromatic rings. The number of nitrogens with one attached hydrogen (secondary N) is 2. The van der Waals surface area contributed by atoms with Gasteiger partial charge in [0.1, 0.15) is 0 Å². The summed E-state index contributed by atoms with van der Waals surface area (Å²) in [6.07, 6.45) is 0. The van der Waals surface area contributed by atoms with Gasteiger partial charge in [0, 0.05) is 23.2 Å². The Balaban J connectivity index is 2.59. The van der Waals surface area contributed by atoms with Gasteiger partial charge in [0.25, 0.3) is 5.91 Å². The molecule has 0 aromatic heterocycles. The van der Waals surface area contributed by atoms with Gasteiger partial charge in [0.05, 0.1) is 11.3 Å². The highest BCUT2D eigenvalue weighted by molar-refractivity contribution is 9.10. The Bertz CT molecular complexity index is 560. The molecule has 106 valence electrons. The van der Waals surface area contributed by atoms with E-state index in [4.69, 9.17) is 5.73 Å². The fourth-order valence-corrected chi connectivity index (χ4v) is 2.78. The third kappa shape index (κ3) is 5.17. The molecule has 1 amide bonds. The van der Waals surface area contributed by atoms with Gasteiger partial charge >= 0.3 is 0 Å². The van der Waals surface area contributed by atoms with E-state index >= 15 is 0 Å². The van der Waals surface area contributed by atoms with Crippen molar-refractivity contribution < 1.29 is 13.2 Å². The summed E-state index contributed by atoms with van der Waals surface area (Å²) in [4.78, 5) is 11.8. The lowest BCUT2D eigenvalue weighted by atomic mass is 10.2. The lowest BCUT2D eigenvalue weighted by Gasteiger charge is -2.08. The topological polar surface area (TPSA) is 101 Å². The van der Waals surface area contributed by atoms with Crippen LogP contribution < -0.4 is 15.8 Å². The first-order valence-electron chi connectivity index (χ1n) is 5.66. The van der Waals surface area contributed by atoms with Crippen LogP contribution in [-0.2, 0) is 10.0 Å². The van der Waals surface area contributed by atoms with Crippen molar-refractivity contribution >= 4 is 37.5 Å². The number of carbonyl (C=O) groups excluding carboxylic acids is 1. The largest absolute Gasteiger partial charge is 0.399 e. The predicted molar refractivity (Wildman–Crippen MR) is 78.4 cm³/mol. The van der Waals surface area contributed by atoms with Gasteiger partial charge < -0.3 is 11.1 Å². The minimum absolute atomic E-state index is 0.0371. The average molecular weight is 350 g/mol. The second-order valence-corrected chi connectivity index (χ2v) is 6.59. The van der Waals surface area contributed by atoms with Crippen molar-refractivity contribution in [3.63, 3.8) is 0 Å². The van der Waals surface area contributed by atoms with E-state index in [0.717, 1.165) is 0 Å². The van der Waals surface area contributed by atoms with Crippen molar-refractivity contribution in [1.29, 1.82) is 0 Å². The molecule has 0 aliphatic rings. The van der Waals surface area contributed by atoms with Gasteiger partial charge in [-0.1, -0.05) is 6.92 Å². The van der Waals surface area contributed by atoms with Crippen molar-refractivity contribution in [2.75, 3.05) is 24.6 Å². The SMILES string of the molecule is CCNS(=O)(=O)CCNC(=O)c1cc(N)ccc1Br. The van der Waals surface area contributed by atoms with Gasteiger partial charge in [-0.05, 0) is 34.1 Å². The molecule has 1 aromatic carbocycles. The van der Waals surface area contributed by atoms with Crippen LogP contribution in [0.2, 0.25) is 0 Å². The molecule has 8 heteroatoms. The van der Waals surface area contributed by atoms with Crippen LogP contribution in [0.5, 0.6) is 0 Å². The normalized spacial score (nSPS) is 11.3. The first-order valence-corrected chi connectivity index (χ1v) is 8.11. The van der Waals surface area contributed by atoms with Crippen LogP contribution in [0.1, 0.15) is 17.3 Å². The number of rotatable bonds is 6. The molecule has 6 nitrogen and oxygen atoms in total. The zero-order chi connectivity index (χ0) is 14.5. The van der Waals surface area contributed by atoms with Crippen molar-refractivity contribution in [1.82, 2.24) is 10.0 Å². The monoisotopic (exact) mass is 349 g/mol. The number of nitrogens with two attached hydrogens (primary N) is 1. The lowest BCUT2D eigenvalue weighted by Crippen LogP contribution is -2.34. The number of amides is 1. The molecule has 0 saturated heterocycles. The van der Waals surface area contributed by atoms with Crippen LogP contribution >= 0.6 is 15.9 Å².